The first-order chi connectivity index (χ1) is 12.2. The predicted octanol–water partition coefficient (Wildman–Crippen LogP) is 5.52. The molecule has 0 fully saturated rings. The van der Waals surface area contributed by atoms with Crippen molar-refractivity contribution in [3.8, 4) is 0 Å². The Morgan fingerprint density at radius 3 is 2.96 bits per heavy atom. The minimum Gasteiger partial charge on any atom is -0.423 e. The van der Waals surface area contributed by atoms with Crippen LogP contribution in [0.5, 0.6) is 0 Å². The first-order valence-electron chi connectivity index (χ1n) is 8.21. The number of nitrogens with zero attached hydrogens (tertiary/aromatic N) is 1. The van der Waals surface area contributed by atoms with E-state index in [0.717, 1.165) is 33.2 Å². The van der Waals surface area contributed by atoms with Crippen LogP contribution in [0, 0.1) is 0 Å². The molecule has 1 aliphatic rings. The van der Waals surface area contributed by atoms with Gasteiger partial charge in [0, 0.05) is 23.0 Å². The lowest BCUT2D eigenvalue weighted by Gasteiger charge is -2.14. The third-order valence-corrected chi connectivity index (χ3v) is 6.50. The van der Waals surface area contributed by atoms with E-state index >= 15 is 0 Å². The third-order valence-electron chi connectivity index (χ3n) is 4.21. The highest BCUT2D eigenvalue weighted by Gasteiger charge is 2.14. The fourth-order valence-electron chi connectivity index (χ4n) is 2.84. The first-order valence-corrected chi connectivity index (χ1v) is 10.2. The zero-order valence-corrected chi connectivity index (χ0v) is 15.5. The molecule has 0 saturated heterocycles. The zero-order chi connectivity index (χ0) is 17.2. The molecule has 0 amide bonds. The van der Waals surface area contributed by atoms with Gasteiger partial charge in [-0.1, -0.05) is 60.8 Å². The molecular weight excluding hydrogens is 350 g/mol. The summed E-state index contributed by atoms with van der Waals surface area (Å²) in [5.41, 5.74) is 4.87. The van der Waals surface area contributed by atoms with Crippen molar-refractivity contribution in [2.24, 2.45) is 4.99 Å². The van der Waals surface area contributed by atoms with E-state index in [0.29, 0.717) is 11.3 Å². The van der Waals surface area contributed by atoms with E-state index in [4.69, 9.17) is 9.41 Å². The number of hydrogen-bond donors (Lipinski definition) is 0. The topological polar surface area (TPSA) is 42.6 Å². The molecule has 0 aliphatic carbocycles. The lowest BCUT2D eigenvalue weighted by Crippen LogP contribution is -2.02. The molecule has 0 spiro atoms. The smallest absolute Gasteiger partial charge is 0.336 e. The Hall–Kier alpha value is -1.98. The van der Waals surface area contributed by atoms with Gasteiger partial charge in [-0.2, -0.15) is 0 Å². The molecule has 3 aromatic rings. The fraction of sp³-hybridized carbons (Fsp3) is 0.200. The summed E-state index contributed by atoms with van der Waals surface area (Å²) in [5, 5.41) is 1.01. The summed E-state index contributed by atoms with van der Waals surface area (Å²) in [6, 6.07) is 16.0. The Morgan fingerprint density at radius 1 is 1.20 bits per heavy atom. The lowest BCUT2D eigenvalue weighted by molar-refractivity contribution is 0.559. The fourth-order valence-corrected chi connectivity index (χ4v) is 4.89. The van der Waals surface area contributed by atoms with Crippen molar-refractivity contribution >= 4 is 44.6 Å². The number of hydrogen-bond acceptors (Lipinski definition) is 5. The molecule has 0 unspecified atom stereocenters. The van der Waals surface area contributed by atoms with Gasteiger partial charge < -0.3 is 4.42 Å². The maximum atomic E-state index is 11.9. The summed E-state index contributed by atoms with van der Waals surface area (Å²) >= 11 is 3.43. The number of benzene rings is 2. The molecule has 0 N–H and O–H groups in total. The standard InChI is InChI=1S/C20H17NO2S2/c1-2-13-7-8-16-15(10-19(22)23-18(16)9-13)12-25-20-21-17-6-4-3-5-14(17)11-24-20/h3-10H,2,11-12H2,1H3. The second-order valence-corrected chi connectivity index (χ2v) is 8.05. The van der Waals surface area contributed by atoms with Gasteiger partial charge in [0.2, 0.25) is 0 Å². The van der Waals surface area contributed by atoms with Crippen LogP contribution in [0.2, 0.25) is 0 Å². The number of rotatable bonds is 3. The average Bonchev–Trinajstić information content (AvgIpc) is 2.65. The van der Waals surface area contributed by atoms with E-state index in [1.165, 1.54) is 11.1 Å². The normalized spacial score (nSPS) is 13.6. The molecule has 25 heavy (non-hydrogen) atoms. The lowest BCUT2D eigenvalue weighted by atomic mass is 10.1. The molecule has 0 saturated carbocycles. The quantitative estimate of drug-likeness (QED) is 0.571. The number of thioether (sulfide) groups is 2. The van der Waals surface area contributed by atoms with Crippen molar-refractivity contribution in [2.45, 2.75) is 24.9 Å². The molecule has 2 heterocycles. The molecule has 1 aromatic heterocycles. The van der Waals surface area contributed by atoms with Crippen molar-refractivity contribution in [3.05, 3.63) is 75.6 Å². The largest absolute Gasteiger partial charge is 0.423 e. The molecule has 4 rings (SSSR count). The van der Waals surface area contributed by atoms with Gasteiger partial charge in [0.25, 0.3) is 0 Å². The third kappa shape index (κ3) is 3.53. The zero-order valence-electron chi connectivity index (χ0n) is 13.8. The second-order valence-electron chi connectivity index (χ2n) is 5.86. The summed E-state index contributed by atoms with van der Waals surface area (Å²) in [4.78, 5) is 16.6. The molecule has 126 valence electrons. The number of aliphatic imine (C=N–C) groups is 1. The van der Waals surface area contributed by atoms with Crippen LogP contribution in [0.15, 0.2) is 62.7 Å². The molecule has 5 heteroatoms. The van der Waals surface area contributed by atoms with Gasteiger partial charge in [-0.05, 0) is 35.2 Å². The highest BCUT2D eigenvalue weighted by Crippen LogP contribution is 2.36. The Balaban J connectivity index is 1.61. The molecule has 0 bridgehead atoms. The maximum absolute atomic E-state index is 11.9. The Bertz CT molecular complexity index is 1020. The minimum absolute atomic E-state index is 0.292. The predicted molar refractivity (Wildman–Crippen MR) is 108 cm³/mol. The van der Waals surface area contributed by atoms with Gasteiger partial charge in [0.05, 0.1) is 5.69 Å². The van der Waals surface area contributed by atoms with Crippen LogP contribution in [-0.2, 0) is 17.9 Å². The van der Waals surface area contributed by atoms with Gasteiger partial charge in [-0.15, -0.1) is 0 Å². The molecule has 0 atom stereocenters. The Kier molecular flexibility index (Phi) is 4.68. The summed E-state index contributed by atoms with van der Waals surface area (Å²) in [7, 11) is 0. The minimum atomic E-state index is -0.292. The maximum Gasteiger partial charge on any atom is 0.336 e. The van der Waals surface area contributed by atoms with Crippen molar-refractivity contribution in [2.75, 3.05) is 0 Å². The summed E-state index contributed by atoms with van der Waals surface area (Å²) < 4.78 is 6.43. The van der Waals surface area contributed by atoms with Gasteiger partial charge in [0.15, 0.2) is 0 Å². The van der Waals surface area contributed by atoms with E-state index < -0.39 is 0 Å². The number of para-hydroxylation sites is 1. The van der Waals surface area contributed by atoms with Crippen LogP contribution in [0.1, 0.15) is 23.6 Å². The molecule has 1 aliphatic heterocycles. The van der Waals surface area contributed by atoms with Crippen molar-refractivity contribution in [1.82, 2.24) is 0 Å². The molecule has 0 radical (unpaired) electrons. The van der Waals surface area contributed by atoms with E-state index in [1.54, 1.807) is 29.6 Å². The van der Waals surface area contributed by atoms with Crippen LogP contribution in [0.25, 0.3) is 11.0 Å². The molecule has 2 aromatic carbocycles. The van der Waals surface area contributed by atoms with Gasteiger partial charge in [0.1, 0.15) is 9.96 Å². The van der Waals surface area contributed by atoms with Gasteiger partial charge in [-0.25, -0.2) is 9.79 Å². The summed E-state index contributed by atoms with van der Waals surface area (Å²) in [5.74, 6) is 1.65. The second kappa shape index (κ2) is 7.10. The Morgan fingerprint density at radius 2 is 2.08 bits per heavy atom. The van der Waals surface area contributed by atoms with Crippen LogP contribution in [0.4, 0.5) is 5.69 Å². The van der Waals surface area contributed by atoms with Crippen LogP contribution in [0.3, 0.4) is 0 Å². The highest BCUT2D eigenvalue weighted by molar-refractivity contribution is 8.38. The molecular formula is C20H17NO2S2. The van der Waals surface area contributed by atoms with Crippen LogP contribution in [-0.4, -0.2) is 4.38 Å². The van der Waals surface area contributed by atoms with E-state index in [9.17, 15) is 4.79 Å². The van der Waals surface area contributed by atoms with Crippen LogP contribution < -0.4 is 5.63 Å². The highest BCUT2D eigenvalue weighted by atomic mass is 32.2. The monoisotopic (exact) mass is 367 g/mol. The van der Waals surface area contributed by atoms with Crippen molar-refractivity contribution < 1.29 is 4.42 Å². The first kappa shape index (κ1) is 16.5. The SMILES string of the molecule is CCc1ccc2c(CSC3=Nc4ccccc4CS3)cc(=O)oc2c1. The average molecular weight is 367 g/mol. The Labute approximate surface area is 154 Å². The van der Waals surface area contributed by atoms with E-state index in [2.05, 4.69) is 31.2 Å². The van der Waals surface area contributed by atoms with E-state index in [-0.39, 0.29) is 5.63 Å². The van der Waals surface area contributed by atoms with E-state index in [1.807, 2.05) is 18.2 Å². The van der Waals surface area contributed by atoms with Crippen molar-refractivity contribution in [1.29, 1.82) is 0 Å². The summed E-state index contributed by atoms with van der Waals surface area (Å²) in [6.45, 7) is 2.09. The van der Waals surface area contributed by atoms with Crippen molar-refractivity contribution in [3.63, 3.8) is 0 Å². The molecule has 3 nitrogen and oxygen atoms in total. The number of fused-ring (bicyclic) bond motifs is 2. The number of aryl methyl sites for hydroxylation is 1. The van der Waals surface area contributed by atoms with Crippen LogP contribution >= 0.6 is 23.5 Å². The van der Waals surface area contributed by atoms with Gasteiger partial charge >= 0.3 is 5.63 Å². The summed E-state index contributed by atoms with van der Waals surface area (Å²) in [6.07, 6.45) is 0.922. The van der Waals surface area contributed by atoms with Gasteiger partial charge in [-0.3, -0.25) is 0 Å².